The molecule has 1 aliphatic heterocycles. The van der Waals surface area contributed by atoms with E-state index in [4.69, 9.17) is 21.1 Å². The molecule has 3 aromatic carbocycles. The minimum atomic E-state index is -0.103. The van der Waals surface area contributed by atoms with E-state index in [1.54, 1.807) is 12.3 Å². The second-order valence-electron chi connectivity index (χ2n) is 10.2. The van der Waals surface area contributed by atoms with Gasteiger partial charge in [-0.25, -0.2) is 0 Å². The Bertz CT molecular complexity index is 1660. The second kappa shape index (κ2) is 12.4. The third-order valence-corrected chi connectivity index (χ3v) is 7.68. The number of nitriles is 1. The smallest absolute Gasteiger partial charge is 0.142 e. The summed E-state index contributed by atoms with van der Waals surface area (Å²) in [6, 6.07) is 24.6. The molecule has 1 aromatic heterocycles. The number of pyridine rings is 1. The summed E-state index contributed by atoms with van der Waals surface area (Å²) >= 11 is 6.81. The lowest BCUT2D eigenvalue weighted by Gasteiger charge is -2.20. The van der Waals surface area contributed by atoms with Crippen LogP contribution in [0.4, 0.5) is 0 Å². The van der Waals surface area contributed by atoms with Crippen LogP contribution in [0.5, 0.6) is 11.5 Å². The zero-order valence-corrected chi connectivity index (χ0v) is 23.3. The molecule has 0 unspecified atom stereocenters. The molecule has 41 heavy (non-hydrogen) atoms. The molecule has 7 heteroatoms. The summed E-state index contributed by atoms with van der Waals surface area (Å²) in [4.78, 5) is 8.41. The fraction of sp³-hybridized carbons (Fsp3) is 0.206. The Morgan fingerprint density at radius 3 is 2.73 bits per heavy atom. The topological polar surface area (TPSA) is 79.5 Å². The summed E-state index contributed by atoms with van der Waals surface area (Å²) in [6.45, 7) is 2.28. The quantitative estimate of drug-likeness (QED) is 0.225. The minimum Gasteiger partial charge on any atom is -0.488 e. The van der Waals surface area contributed by atoms with Gasteiger partial charge in [-0.3, -0.25) is 9.98 Å². The number of halogens is 1. The summed E-state index contributed by atoms with van der Waals surface area (Å²) < 4.78 is 12.9. The molecule has 0 amide bonds. The van der Waals surface area contributed by atoms with Crippen molar-refractivity contribution in [2.75, 3.05) is 13.1 Å². The van der Waals surface area contributed by atoms with Gasteiger partial charge in [0.05, 0.1) is 17.1 Å². The number of rotatable bonds is 10. The zero-order valence-electron chi connectivity index (χ0n) is 22.5. The van der Waals surface area contributed by atoms with Crippen molar-refractivity contribution in [1.29, 1.82) is 5.26 Å². The lowest BCUT2D eigenvalue weighted by atomic mass is 9.97. The van der Waals surface area contributed by atoms with Crippen LogP contribution in [-0.2, 0) is 19.6 Å². The maximum atomic E-state index is 9.25. The van der Waals surface area contributed by atoms with Crippen LogP contribution in [-0.4, -0.2) is 24.3 Å². The van der Waals surface area contributed by atoms with Crippen molar-refractivity contribution in [3.8, 4) is 28.7 Å². The molecule has 1 N–H and O–H groups in total. The number of aliphatic imine (C=N–C) groups is 1. The summed E-state index contributed by atoms with van der Waals surface area (Å²) in [5.74, 6) is 1.26. The number of nitrogens with one attached hydrogen (secondary N) is 1. The van der Waals surface area contributed by atoms with Crippen molar-refractivity contribution in [2.24, 2.45) is 4.99 Å². The third kappa shape index (κ3) is 6.17. The van der Waals surface area contributed by atoms with E-state index < -0.39 is 0 Å². The molecule has 204 valence electrons. The van der Waals surface area contributed by atoms with Gasteiger partial charge in [-0.05, 0) is 58.9 Å². The average molecular weight is 561 g/mol. The van der Waals surface area contributed by atoms with Gasteiger partial charge in [0, 0.05) is 48.9 Å². The lowest BCUT2D eigenvalue weighted by molar-refractivity contribution is 0.206. The number of nitrogens with zero attached hydrogens (tertiary/aromatic N) is 3. The maximum absolute atomic E-state index is 9.25. The van der Waals surface area contributed by atoms with Crippen molar-refractivity contribution >= 4 is 17.8 Å². The normalized spacial score (nSPS) is 15.3. The summed E-state index contributed by atoms with van der Waals surface area (Å²) in [6.07, 6.45) is 8.83. The van der Waals surface area contributed by atoms with Gasteiger partial charge >= 0.3 is 0 Å². The Hall–Kier alpha value is -4.44. The molecule has 0 saturated carbocycles. The van der Waals surface area contributed by atoms with Crippen LogP contribution >= 0.6 is 11.6 Å². The number of ether oxygens (including phenoxy) is 2. The first-order valence-electron chi connectivity index (χ1n) is 13.7. The van der Waals surface area contributed by atoms with Crippen LogP contribution in [0, 0.1) is 11.3 Å². The fourth-order valence-electron chi connectivity index (χ4n) is 5.36. The van der Waals surface area contributed by atoms with E-state index in [9.17, 15) is 5.26 Å². The standard InChI is InChI=1S/C34H29ClN4O2/c35-31-14-27(21-39-18-23-11-12-37-17-23)33(40-22-25-13-24(16-36)19-38-20-25)15-34(31)41-32-10-9-29-28(7-4-8-30(29)32)26-5-2-1-3-6-26/h1-8,11-15,19-20,32,39H,9-10,17-18,21-22H2/t32-/m0/s1. The third-order valence-electron chi connectivity index (χ3n) is 7.38. The van der Waals surface area contributed by atoms with Gasteiger partial charge in [0.1, 0.15) is 30.3 Å². The Balaban J connectivity index is 1.24. The molecule has 1 atom stereocenters. The highest BCUT2D eigenvalue weighted by Crippen LogP contribution is 2.42. The number of hydrogen-bond acceptors (Lipinski definition) is 6. The highest BCUT2D eigenvalue weighted by molar-refractivity contribution is 6.32. The van der Waals surface area contributed by atoms with Crippen molar-refractivity contribution in [2.45, 2.75) is 32.1 Å². The molecule has 2 heterocycles. The van der Waals surface area contributed by atoms with Crippen LogP contribution in [0.25, 0.3) is 11.1 Å². The number of hydrogen-bond donors (Lipinski definition) is 1. The van der Waals surface area contributed by atoms with E-state index in [0.717, 1.165) is 37.1 Å². The molecule has 0 spiro atoms. The van der Waals surface area contributed by atoms with E-state index in [1.165, 1.54) is 34.0 Å². The van der Waals surface area contributed by atoms with Crippen molar-refractivity contribution in [1.82, 2.24) is 10.3 Å². The van der Waals surface area contributed by atoms with Crippen molar-refractivity contribution in [3.05, 3.63) is 124 Å². The molecule has 0 fully saturated rings. The van der Waals surface area contributed by atoms with Crippen molar-refractivity contribution < 1.29 is 9.47 Å². The minimum absolute atomic E-state index is 0.103. The van der Waals surface area contributed by atoms with Gasteiger partial charge in [0.2, 0.25) is 0 Å². The van der Waals surface area contributed by atoms with Crippen LogP contribution < -0.4 is 14.8 Å². The Morgan fingerprint density at radius 2 is 1.90 bits per heavy atom. The molecular weight excluding hydrogens is 532 g/mol. The molecule has 4 aromatic rings. The molecule has 6 nitrogen and oxygen atoms in total. The van der Waals surface area contributed by atoms with Gasteiger partial charge in [0.25, 0.3) is 0 Å². The highest BCUT2D eigenvalue weighted by Gasteiger charge is 2.27. The number of allylic oxidation sites excluding steroid dienone is 1. The summed E-state index contributed by atoms with van der Waals surface area (Å²) in [5, 5.41) is 13.3. The molecule has 6 rings (SSSR count). The van der Waals surface area contributed by atoms with E-state index >= 15 is 0 Å². The molecule has 0 radical (unpaired) electrons. The van der Waals surface area contributed by atoms with Crippen LogP contribution in [0.1, 0.15) is 40.3 Å². The lowest BCUT2D eigenvalue weighted by Crippen LogP contribution is -2.18. The van der Waals surface area contributed by atoms with Gasteiger partial charge in [0.15, 0.2) is 0 Å². The zero-order chi connectivity index (χ0) is 28.0. The maximum Gasteiger partial charge on any atom is 0.142 e. The number of aromatic nitrogens is 1. The molecule has 1 aliphatic carbocycles. The number of benzene rings is 3. The van der Waals surface area contributed by atoms with Gasteiger partial charge in [-0.15, -0.1) is 0 Å². The number of fused-ring (bicyclic) bond motifs is 1. The first kappa shape index (κ1) is 26.8. The molecular formula is C34H29ClN4O2. The van der Waals surface area contributed by atoms with E-state index in [-0.39, 0.29) is 12.7 Å². The summed E-state index contributed by atoms with van der Waals surface area (Å²) in [7, 11) is 0. The first-order valence-corrected chi connectivity index (χ1v) is 14.1. The van der Waals surface area contributed by atoms with E-state index in [2.05, 4.69) is 63.8 Å². The Morgan fingerprint density at radius 1 is 1.00 bits per heavy atom. The molecule has 0 saturated heterocycles. The van der Waals surface area contributed by atoms with Gasteiger partial charge in [-0.2, -0.15) is 5.26 Å². The predicted octanol–water partition coefficient (Wildman–Crippen LogP) is 7.02. The summed E-state index contributed by atoms with van der Waals surface area (Å²) in [5.41, 5.74) is 8.44. The van der Waals surface area contributed by atoms with Crippen LogP contribution in [0.3, 0.4) is 0 Å². The monoisotopic (exact) mass is 560 g/mol. The van der Waals surface area contributed by atoms with Crippen LogP contribution in [0.2, 0.25) is 5.02 Å². The SMILES string of the molecule is N#Cc1cncc(COc2cc(O[C@H]3CCc4c(-c5ccccc5)cccc43)c(Cl)cc2CNCC2=CC=NC2)c1. The average Bonchev–Trinajstić information content (AvgIpc) is 3.68. The second-order valence-corrected chi connectivity index (χ2v) is 10.6. The van der Waals surface area contributed by atoms with Gasteiger partial charge in [-0.1, -0.05) is 60.1 Å². The Labute approximate surface area is 245 Å². The van der Waals surface area contributed by atoms with E-state index in [1.807, 2.05) is 30.5 Å². The molecule has 2 aliphatic rings. The molecule has 0 bridgehead atoms. The Kier molecular flexibility index (Phi) is 8.09. The highest BCUT2D eigenvalue weighted by atomic mass is 35.5. The van der Waals surface area contributed by atoms with Gasteiger partial charge < -0.3 is 14.8 Å². The predicted molar refractivity (Wildman–Crippen MR) is 161 cm³/mol. The van der Waals surface area contributed by atoms with E-state index in [0.29, 0.717) is 28.6 Å². The largest absolute Gasteiger partial charge is 0.488 e. The first-order chi connectivity index (χ1) is 20.2. The van der Waals surface area contributed by atoms with Crippen LogP contribution in [0.15, 0.2) is 95.8 Å². The fourth-order valence-corrected chi connectivity index (χ4v) is 5.59. The van der Waals surface area contributed by atoms with Crippen molar-refractivity contribution in [3.63, 3.8) is 0 Å².